The number of alkyl carbamates (subject to hydrolysis) is 1. The number of carbonyl (C=O) groups is 3. The van der Waals surface area contributed by atoms with Crippen LogP contribution >= 0.6 is 0 Å². The molecular weight excluding hydrogens is 426 g/mol. The molecule has 0 aliphatic heterocycles. The molecule has 0 saturated heterocycles. The summed E-state index contributed by atoms with van der Waals surface area (Å²) in [6.45, 7) is -0.0433. The normalized spacial score (nSPS) is 12.7. The second-order valence-electron chi connectivity index (χ2n) is 7.59. The van der Waals surface area contributed by atoms with Crippen LogP contribution < -0.4 is 22.1 Å². The number of rotatable bonds is 10. The molecule has 174 valence electrons. The molecule has 10 heteroatoms. The van der Waals surface area contributed by atoms with Gasteiger partial charge in [-0.05, 0) is 35.1 Å². The molecule has 33 heavy (non-hydrogen) atoms. The Hall–Kier alpha value is -4.08. The van der Waals surface area contributed by atoms with Crippen molar-refractivity contribution < 1.29 is 24.2 Å². The maximum absolute atomic E-state index is 12.2. The van der Waals surface area contributed by atoms with E-state index in [1.807, 2.05) is 48.5 Å². The van der Waals surface area contributed by atoms with Gasteiger partial charge in [-0.3, -0.25) is 9.79 Å². The van der Waals surface area contributed by atoms with E-state index in [4.69, 9.17) is 16.2 Å². The number of hydrogen-bond acceptors (Lipinski definition) is 5. The number of aliphatic carboxylic acids is 1. The maximum atomic E-state index is 12.2. The number of guanidine groups is 1. The molecule has 0 fully saturated rings. The molecule has 2 aromatic rings. The van der Waals surface area contributed by atoms with Crippen molar-refractivity contribution in [2.45, 2.75) is 24.8 Å². The number of aliphatic imine (C=N–C) groups is 1. The van der Waals surface area contributed by atoms with Crippen LogP contribution in [0.5, 0.6) is 0 Å². The van der Waals surface area contributed by atoms with Gasteiger partial charge in [0, 0.05) is 12.5 Å². The third-order valence-corrected chi connectivity index (χ3v) is 5.32. The molecule has 3 rings (SSSR count). The van der Waals surface area contributed by atoms with Crippen molar-refractivity contribution in [1.29, 1.82) is 0 Å². The lowest BCUT2D eigenvalue weighted by Gasteiger charge is -2.16. The fourth-order valence-electron chi connectivity index (χ4n) is 3.81. The number of amides is 2. The van der Waals surface area contributed by atoms with Gasteiger partial charge in [0.2, 0.25) is 5.91 Å². The number of ether oxygens (including phenoxy) is 1. The Morgan fingerprint density at radius 1 is 1.03 bits per heavy atom. The zero-order valence-electron chi connectivity index (χ0n) is 18.0. The van der Waals surface area contributed by atoms with Gasteiger partial charge >= 0.3 is 12.1 Å². The van der Waals surface area contributed by atoms with Gasteiger partial charge in [0.05, 0.1) is 0 Å². The Bertz CT molecular complexity index is 1010. The minimum absolute atomic E-state index is 0.0850. The molecule has 7 N–H and O–H groups in total. The number of hydrogen-bond donors (Lipinski definition) is 5. The number of carboxylic acids is 1. The molecule has 0 radical (unpaired) electrons. The van der Waals surface area contributed by atoms with Crippen molar-refractivity contribution in [3.63, 3.8) is 0 Å². The van der Waals surface area contributed by atoms with Crippen LogP contribution in [0, 0.1) is 0 Å². The Kier molecular flexibility index (Phi) is 7.85. The Morgan fingerprint density at radius 2 is 1.64 bits per heavy atom. The minimum Gasteiger partial charge on any atom is -0.480 e. The lowest BCUT2D eigenvalue weighted by molar-refractivity contribution is -0.141. The van der Waals surface area contributed by atoms with Crippen molar-refractivity contribution in [1.82, 2.24) is 10.6 Å². The SMILES string of the molecule is NC(N)=NCCC[C@H](NC(=O)CNC(=O)OCC1c2ccccc2-c2ccccc21)C(=O)O. The van der Waals surface area contributed by atoms with E-state index in [0.717, 1.165) is 22.3 Å². The minimum atomic E-state index is -1.19. The standard InChI is InChI=1S/C23H27N5O5/c24-22(25)26-11-5-10-19(21(30)31)28-20(29)12-27-23(32)33-13-18-16-8-3-1-6-14(16)15-7-2-4-9-17(15)18/h1-4,6-9,18-19H,5,10-13H2,(H,27,32)(H,28,29)(H,30,31)(H4,24,25,26)/t19-/m0/s1. The van der Waals surface area contributed by atoms with Crippen molar-refractivity contribution in [3.05, 3.63) is 59.7 Å². The number of nitrogens with two attached hydrogens (primary N) is 2. The number of fused-ring (bicyclic) bond motifs is 3. The predicted molar refractivity (Wildman–Crippen MR) is 123 cm³/mol. The molecule has 0 saturated carbocycles. The summed E-state index contributed by atoms with van der Waals surface area (Å²) < 4.78 is 5.36. The molecule has 1 aliphatic rings. The molecule has 0 bridgehead atoms. The molecule has 2 amide bonds. The van der Waals surface area contributed by atoms with E-state index < -0.39 is 30.6 Å². The van der Waals surface area contributed by atoms with Crippen LogP contribution in [0.4, 0.5) is 4.79 Å². The summed E-state index contributed by atoms with van der Waals surface area (Å²) in [7, 11) is 0. The van der Waals surface area contributed by atoms with E-state index in [-0.39, 0.29) is 31.4 Å². The second kappa shape index (κ2) is 11.0. The highest BCUT2D eigenvalue weighted by Crippen LogP contribution is 2.44. The number of benzene rings is 2. The molecule has 2 aromatic carbocycles. The zero-order valence-corrected chi connectivity index (χ0v) is 18.0. The summed E-state index contributed by atoms with van der Waals surface area (Å²) in [4.78, 5) is 39.3. The fourth-order valence-corrected chi connectivity index (χ4v) is 3.81. The van der Waals surface area contributed by atoms with Gasteiger partial charge in [0.25, 0.3) is 0 Å². The van der Waals surface area contributed by atoms with E-state index in [1.165, 1.54) is 0 Å². The Morgan fingerprint density at radius 3 is 2.21 bits per heavy atom. The van der Waals surface area contributed by atoms with Gasteiger partial charge < -0.3 is 31.9 Å². The third kappa shape index (κ3) is 6.22. The van der Waals surface area contributed by atoms with E-state index >= 15 is 0 Å². The van der Waals surface area contributed by atoms with Crippen molar-refractivity contribution in [2.24, 2.45) is 16.5 Å². The smallest absolute Gasteiger partial charge is 0.407 e. The monoisotopic (exact) mass is 453 g/mol. The van der Waals surface area contributed by atoms with Crippen molar-refractivity contribution in [2.75, 3.05) is 19.7 Å². The lowest BCUT2D eigenvalue weighted by Crippen LogP contribution is -2.45. The van der Waals surface area contributed by atoms with Crippen LogP contribution in [-0.4, -0.2) is 54.8 Å². The quantitative estimate of drug-likeness (QED) is 0.204. The van der Waals surface area contributed by atoms with Gasteiger partial charge in [-0.2, -0.15) is 0 Å². The summed E-state index contributed by atoms with van der Waals surface area (Å²) >= 11 is 0. The largest absolute Gasteiger partial charge is 0.480 e. The number of carboxylic acid groups (broad SMARTS) is 1. The molecule has 1 atom stereocenters. The van der Waals surface area contributed by atoms with Crippen LogP contribution in [0.25, 0.3) is 11.1 Å². The first kappa shape index (κ1) is 23.6. The molecule has 1 aliphatic carbocycles. The van der Waals surface area contributed by atoms with Crippen LogP contribution in [0.15, 0.2) is 53.5 Å². The first-order chi connectivity index (χ1) is 15.9. The predicted octanol–water partition coefficient (Wildman–Crippen LogP) is 1.15. The number of nitrogens with zero attached hydrogens (tertiary/aromatic N) is 1. The molecular formula is C23H27N5O5. The molecule has 0 unspecified atom stereocenters. The van der Waals surface area contributed by atoms with Gasteiger partial charge in [-0.25, -0.2) is 9.59 Å². The van der Waals surface area contributed by atoms with E-state index in [2.05, 4.69) is 15.6 Å². The average Bonchev–Trinajstić information content (AvgIpc) is 3.11. The lowest BCUT2D eigenvalue weighted by atomic mass is 9.98. The number of nitrogens with one attached hydrogen (secondary N) is 2. The van der Waals surface area contributed by atoms with E-state index in [0.29, 0.717) is 6.42 Å². The van der Waals surface area contributed by atoms with Crippen molar-refractivity contribution in [3.8, 4) is 11.1 Å². The summed E-state index contributed by atoms with van der Waals surface area (Å²) in [5.41, 5.74) is 14.8. The number of carbonyl (C=O) groups excluding carboxylic acids is 2. The topological polar surface area (TPSA) is 169 Å². The maximum Gasteiger partial charge on any atom is 0.407 e. The molecule has 0 spiro atoms. The Labute approximate surface area is 191 Å². The first-order valence-electron chi connectivity index (χ1n) is 10.5. The first-order valence-corrected chi connectivity index (χ1v) is 10.5. The average molecular weight is 453 g/mol. The van der Waals surface area contributed by atoms with Crippen molar-refractivity contribution >= 4 is 23.9 Å². The zero-order chi connectivity index (χ0) is 23.8. The highest BCUT2D eigenvalue weighted by molar-refractivity contribution is 5.86. The summed E-state index contributed by atoms with van der Waals surface area (Å²) in [6.07, 6.45) is -0.246. The highest BCUT2D eigenvalue weighted by Gasteiger charge is 2.29. The van der Waals surface area contributed by atoms with Crippen LogP contribution in [-0.2, 0) is 14.3 Å². The summed E-state index contributed by atoms with van der Waals surface area (Å²) in [5, 5.41) is 14.0. The van der Waals surface area contributed by atoms with E-state index in [1.54, 1.807) is 0 Å². The van der Waals surface area contributed by atoms with Gasteiger partial charge in [0.15, 0.2) is 5.96 Å². The van der Waals surface area contributed by atoms with Gasteiger partial charge in [0.1, 0.15) is 19.2 Å². The van der Waals surface area contributed by atoms with Gasteiger partial charge in [-0.15, -0.1) is 0 Å². The second-order valence-corrected chi connectivity index (χ2v) is 7.59. The third-order valence-electron chi connectivity index (χ3n) is 5.32. The molecule has 0 heterocycles. The fraction of sp³-hybridized carbons (Fsp3) is 0.304. The molecule has 0 aromatic heterocycles. The summed E-state index contributed by atoms with van der Waals surface area (Å²) in [6, 6.07) is 14.8. The summed E-state index contributed by atoms with van der Waals surface area (Å²) in [5.74, 6) is -2.01. The Balaban J connectivity index is 1.47. The van der Waals surface area contributed by atoms with Crippen LogP contribution in [0.2, 0.25) is 0 Å². The van der Waals surface area contributed by atoms with Gasteiger partial charge in [-0.1, -0.05) is 48.5 Å². The molecule has 10 nitrogen and oxygen atoms in total. The highest BCUT2D eigenvalue weighted by atomic mass is 16.5. The van der Waals surface area contributed by atoms with Crippen LogP contribution in [0.1, 0.15) is 29.9 Å². The van der Waals surface area contributed by atoms with Crippen LogP contribution in [0.3, 0.4) is 0 Å². The van der Waals surface area contributed by atoms with E-state index in [9.17, 15) is 19.5 Å².